The number of hydrogen-bond donors (Lipinski definition) is 1. The van der Waals surface area contributed by atoms with E-state index >= 15 is 0 Å². The highest BCUT2D eigenvalue weighted by Crippen LogP contribution is 2.63. The van der Waals surface area contributed by atoms with Crippen LogP contribution in [0, 0.1) is 22.7 Å². The van der Waals surface area contributed by atoms with Gasteiger partial charge in [-0.2, -0.15) is 0 Å². The van der Waals surface area contributed by atoms with Gasteiger partial charge < -0.3 is 9.84 Å². The van der Waals surface area contributed by atoms with Gasteiger partial charge in [0.2, 0.25) is 0 Å². The van der Waals surface area contributed by atoms with Gasteiger partial charge in [0.1, 0.15) is 0 Å². The minimum absolute atomic E-state index is 0.287. The molecule has 2 nitrogen and oxygen atoms in total. The molecule has 1 heterocycles. The van der Waals surface area contributed by atoms with E-state index < -0.39 is 6.10 Å². The number of fused-ring (bicyclic) bond motifs is 1. The van der Waals surface area contributed by atoms with Gasteiger partial charge in [-0.1, -0.05) is 121 Å². The maximum atomic E-state index is 12.8. The second kappa shape index (κ2) is 10.3. The fraction of sp³-hybridized carbons (Fsp3) is 0.314. The van der Waals surface area contributed by atoms with Crippen molar-refractivity contribution in [2.45, 2.75) is 31.8 Å². The Hall–Kier alpha value is -3.20. The smallest absolute Gasteiger partial charge is 0.0672 e. The molecule has 0 amide bonds. The van der Waals surface area contributed by atoms with Gasteiger partial charge in [-0.3, -0.25) is 0 Å². The van der Waals surface area contributed by atoms with Crippen molar-refractivity contribution in [3.8, 4) is 0 Å². The molecule has 2 fully saturated rings. The fourth-order valence-electron chi connectivity index (χ4n) is 7.61. The minimum atomic E-state index is -0.472. The molecule has 0 unspecified atom stereocenters. The van der Waals surface area contributed by atoms with Crippen LogP contribution in [0.25, 0.3) is 0 Å². The van der Waals surface area contributed by atoms with Gasteiger partial charge in [-0.15, -0.1) is 0 Å². The lowest BCUT2D eigenvalue weighted by atomic mass is 9.64. The molecule has 0 aromatic heterocycles. The van der Waals surface area contributed by atoms with E-state index in [1.165, 1.54) is 22.3 Å². The fourth-order valence-corrected chi connectivity index (χ4v) is 7.61. The Morgan fingerprint density at radius 3 is 1.03 bits per heavy atom. The van der Waals surface area contributed by atoms with E-state index in [1.54, 1.807) is 0 Å². The molecule has 37 heavy (non-hydrogen) atoms. The van der Waals surface area contributed by atoms with Crippen LogP contribution in [0.4, 0.5) is 0 Å². The van der Waals surface area contributed by atoms with Crippen LogP contribution in [0.15, 0.2) is 121 Å². The quantitative estimate of drug-likeness (QED) is 0.304. The highest BCUT2D eigenvalue weighted by Gasteiger charge is 2.67. The Kier molecular flexibility index (Phi) is 6.71. The Bertz CT molecular complexity index is 1090. The Morgan fingerprint density at radius 1 is 0.486 bits per heavy atom. The number of ether oxygens (including phenoxy) is 1. The maximum Gasteiger partial charge on any atom is 0.0672 e. The summed E-state index contributed by atoms with van der Waals surface area (Å²) in [7, 11) is 0. The van der Waals surface area contributed by atoms with Crippen molar-refractivity contribution in [2.75, 3.05) is 13.2 Å². The average molecular weight is 489 g/mol. The van der Waals surface area contributed by atoms with E-state index in [0.717, 1.165) is 25.7 Å². The van der Waals surface area contributed by atoms with Crippen LogP contribution < -0.4 is 0 Å². The molecule has 1 saturated heterocycles. The van der Waals surface area contributed by atoms with Crippen LogP contribution in [0.5, 0.6) is 0 Å². The average Bonchev–Trinajstić information content (AvgIpc) is 3.50. The Balaban J connectivity index is 1.50. The van der Waals surface area contributed by atoms with Gasteiger partial charge in [-0.25, -0.2) is 0 Å². The van der Waals surface area contributed by atoms with Crippen molar-refractivity contribution in [2.24, 2.45) is 22.7 Å². The second-order valence-corrected chi connectivity index (χ2v) is 11.3. The van der Waals surface area contributed by atoms with E-state index in [4.69, 9.17) is 4.74 Å². The molecule has 1 saturated carbocycles. The Morgan fingerprint density at radius 2 is 0.757 bits per heavy atom. The first-order valence-corrected chi connectivity index (χ1v) is 13.6. The first-order valence-electron chi connectivity index (χ1n) is 13.6. The van der Waals surface area contributed by atoms with Crippen LogP contribution >= 0.6 is 0 Å². The number of aliphatic hydroxyl groups excluding tert-OH is 1. The number of hydrogen-bond acceptors (Lipinski definition) is 2. The van der Waals surface area contributed by atoms with E-state index in [9.17, 15) is 5.11 Å². The lowest BCUT2D eigenvalue weighted by Gasteiger charge is -2.43. The van der Waals surface area contributed by atoms with E-state index in [1.807, 2.05) is 0 Å². The van der Waals surface area contributed by atoms with Gasteiger partial charge in [0.25, 0.3) is 0 Å². The van der Waals surface area contributed by atoms with Crippen LogP contribution in [0.3, 0.4) is 0 Å². The highest BCUT2D eigenvalue weighted by atomic mass is 16.5. The van der Waals surface area contributed by atoms with Gasteiger partial charge >= 0.3 is 0 Å². The molecule has 2 atom stereocenters. The van der Waals surface area contributed by atoms with Crippen molar-refractivity contribution >= 4 is 0 Å². The van der Waals surface area contributed by atoms with Gasteiger partial charge in [0, 0.05) is 10.8 Å². The molecule has 4 aromatic rings. The van der Waals surface area contributed by atoms with E-state index in [2.05, 4.69) is 121 Å². The SMILES string of the molecule is OC1C(Cc2ccccc2)(Cc2ccccc2)[C@H]2COC[C@@H]2C1(Cc1ccccc1)Cc1ccccc1. The summed E-state index contributed by atoms with van der Waals surface area (Å²) in [5, 5.41) is 12.8. The Labute approximate surface area is 221 Å². The predicted molar refractivity (Wildman–Crippen MR) is 149 cm³/mol. The number of aliphatic hydroxyl groups is 1. The highest BCUT2D eigenvalue weighted by molar-refractivity contribution is 5.31. The number of benzene rings is 4. The summed E-state index contributed by atoms with van der Waals surface area (Å²) in [5.74, 6) is 0.575. The topological polar surface area (TPSA) is 29.5 Å². The molecule has 1 N–H and O–H groups in total. The largest absolute Gasteiger partial charge is 0.392 e. The molecule has 0 radical (unpaired) electrons. The van der Waals surface area contributed by atoms with Gasteiger partial charge in [0.05, 0.1) is 19.3 Å². The maximum absolute atomic E-state index is 12.8. The predicted octanol–water partition coefficient (Wildman–Crippen LogP) is 6.57. The summed E-state index contributed by atoms with van der Waals surface area (Å²) in [6.45, 7) is 1.43. The number of rotatable bonds is 8. The lowest BCUT2D eigenvalue weighted by molar-refractivity contribution is -0.0589. The summed E-state index contributed by atoms with van der Waals surface area (Å²) in [6, 6.07) is 43.1. The molecule has 188 valence electrons. The summed E-state index contributed by atoms with van der Waals surface area (Å²) < 4.78 is 6.31. The van der Waals surface area contributed by atoms with Gasteiger partial charge in [0.15, 0.2) is 0 Å². The standard InChI is InChI=1S/C35H36O2/c36-33-34(21-27-13-5-1-6-14-27,22-28-15-7-2-8-16-28)31-25-37-26-32(31)35(33,23-29-17-9-3-10-18-29)24-30-19-11-4-12-20-30/h1-20,31-33,36H,21-26H2/t31-,32-/m0/s1. The third-order valence-electron chi connectivity index (χ3n) is 9.15. The first kappa shape index (κ1) is 24.2. The van der Waals surface area contributed by atoms with Crippen LogP contribution in [0.1, 0.15) is 22.3 Å². The first-order chi connectivity index (χ1) is 18.2. The van der Waals surface area contributed by atoms with E-state index in [0.29, 0.717) is 13.2 Å². The molecule has 2 aliphatic rings. The third kappa shape index (κ3) is 4.54. The zero-order chi connectivity index (χ0) is 25.1. The summed E-state index contributed by atoms with van der Waals surface area (Å²) in [4.78, 5) is 0. The molecule has 0 spiro atoms. The van der Waals surface area contributed by atoms with Crippen molar-refractivity contribution in [1.82, 2.24) is 0 Å². The van der Waals surface area contributed by atoms with Gasteiger partial charge in [-0.05, 0) is 59.8 Å². The third-order valence-corrected chi connectivity index (χ3v) is 9.15. The summed E-state index contributed by atoms with van der Waals surface area (Å²) >= 11 is 0. The molecule has 6 rings (SSSR count). The van der Waals surface area contributed by atoms with Crippen LogP contribution in [-0.4, -0.2) is 24.4 Å². The summed E-state index contributed by atoms with van der Waals surface area (Å²) in [6.07, 6.45) is 2.92. The van der Waals surface area contributed by atoms with E-state index in [-0.39, 0.29) is 22.7 Å². The second-order valence-electron chi connectivity index (χ2n) is 11.3. The molecule has 0 bridgehead atoms. The normalized spacial score (nSPS) is 22.1. The van der Waals surface area contributed by atoms with Crippen molar-refractivity contribution in [3.63, 3.8) is 0 Å². The lowest BCUT2D eigenvalue weighted by Crippen LogP contribution is -2.48. The molecule has 1 aliphatic heterocycles. The van der Waals surface area contributed by atoms with Crippen molar-refractivity contribution in [1.29, 1.82) is 0 Å². The molecular weight excluding hydrogens is 452 g/mol. The monoisotopic (exact) mass is 488 g/mol. The molecule has 1 aliphatic carbocycles. The van der Waals surface area contributed by atoms with Crippen LogP contribution in [-0.2, 0) is 30.4 Å². The van der Waals surface area contributed by atoms with Crippen molar-refractivity contribution < 1.29 is 9.84 Å². The zero-order valence-electron chi connectivity index (χ0n) is 21.4. The van der Waals surface area contributed by atoms with Crippen molar-refractivity contribution in [3.05, 3.63) is 144 Å². The minimum Gasteiger partial charge on any atom is -0.392 e. The summed E-state index contributed by atoms with van der Waals surface area (Å²) in [5.41, 5.74) is 4.54. The molecule has 2 heteroatoms. The molecule has 4 aromatic carbocycles. The molecular formula is C35H36O2. The van der Waals surface area contributed by atoms with Crippen LogP contribution in [0.2, 0.25) is 0 Å². The zero-order valence-corrected chi connectivity index (χ0v) is 21.4.